The van der Waals surface area contributed by atoms with Crippen molar-refractivity contribution in [3.8, 4) is 5.75 Å². The number of hydrogen-bond acceptors (Lipinski definition) is 5. The number of pyridine rings is 1. The highest BCUT2D eigenvalue weighted by molar-refractivity contribution is 14.0. The predicted octanol–water partition coefficient (Wildman–Crippen LogP) is 3.89. The first-order valence-corrected chi connectivity index (χ1v) is 11.0. The number of aromatic nitrogens is 1. The van der Waals surface area contributed by atoms with Gasteiger partial charge in [0.2, 0.25) is 0 Å². The number of nitrogens with one attached hydrogen (secondary N) is 2. The molecule has 1 atom stereocenters. The first kappa shape index (κ1) is 26.2. The van der Waals surface area contributed by atoms with Gasteiger partial charge in [-0.05, 0) is 56.0 Å². The van der Waals surface area contributed by atoms with Gasteiger partial charge in [0.25, 0.3) is 0 Å². The van der Waals surface area contributed by atoms with E-state index in [0.717, 1.165) is 54.6 Å². The van der Waals surface area contributed by atoms with Crippen LogP contribution in [0.2, 0.25) is 0 Å². The summed E-state index contributed by atoms with van der Waals surface area (Å²) in [5, 5.41) is 6.75. The van der Waals surface area contributed by atoms with Crippen LogP contribution in [0.4, 0.5) is 5.82 Å². The molecule has 1 saturated heterocycles. The van der Waals surface area contributed by atoms with Crippen LogP contribution in [-0.4, -0.2) is 50.9 Å². The number of anilines is 1. The van der Waals surface area contributed by atoms with Crippen molar-refractivity contribution < 1.29 is 9.47 Å². The average Bonchev–Trinajstić information content (AvgIpc) is 3.29. The van der Waals surface area contributed by atoms with Gasteiger partial charge in [-0.1, -0.05) is 12.1 Å². The van der Waals surface area contributed by atoms with Crippen molar-refractivity contribution in [3.63, 3.8) is 0 Å². The first-order chi connectivity index (χ1) is 15.0. The van der Waals surface area contributed by atoms with Crippen LogP contribution in [0.25, 0.3) is 0 Å². The number of nitrogens with zero attached hydrogens (tertiary/aromatic N) is 3. The Morgan fingerprint density at radius 2 is 2.09 bits per heavy atom. The molecule has 2 N–H and O–H groups in total. The molecule has 7 nitrogen and oxygen atoms in total. The van der Waals surface area contributed by atoms with Gasteiger partial charge < -0.3 is 25.0 Å². The van der Waals surface area contributed by atoms with Crippen molar-refractivity contribution in [2.24, 2.45) is 4.99 Å². The Kier molecular flexibility index (Phi) is 11.0. The third-order valence-electron chi connectivity index (χ3n) is 5.15. The van der Waals surface area contributed by atoms with Crippen molar-refractivity contribution in [2.75, 3.05) is 38.8 Å². The fourth-order valence-corrected chi connectivity index (χ4v) is 3.40. The maximum absolute atomic E-state index is 6.12. The van der Waals surface area contributed by atoms with Gasteiger partial charge in [0, 0.05) is 45.6 Å². The van der Waals surface area contributed by atoms with E-state index in [4.69, 9.17) is 14.5 Å². The zero-order valence-electron chi connectivity index (χ0n) is 19.6. The Labute approximate surface area is 209 Å². The molecule has 1 unspecified atom stereocenters. The van der Waals surface area contributed by atoms with Crippen LogP contribution in [0.15, 0.2) is 41.5 Å². The van der Waals surface area contributed by atoms with E-state index in [1.54, 1.807) is 0 Å². The van der Waals surface area contributed by atoms with Gasteiger partial charge >= 0.3 is 0 Å². The van der Waals surface area contributed by atoms with Crippen LogP contribution >= 0.6 is 24.0 Å². The fourth-order valence-electron chi connectivity index (χ4n) is 3.40. The SMILES string of the molecule is CCNC(=NCc1ccnc(N(C)C)c1)NCc1ccc(C)cc1OCC1CCCO1.I. The van der Waals surface area contributed by atoms with E-state index in [1.807, 2.05) is 31.3 Å². The summed E-state index contributed by atoms with van der Waals surface area (Å²) in [5.41, 5.74) is 3.40. The Morgan fingerprint density at radius 3 is 2.81 bits per heavy atom. The Bertz CT molecular complexity index is 869. The number of rotatable bonds is 9. The minimum absolute atomic E-state index is 0. The molecule has 3 rings (SSSR count). The number of benzene rings is 1. The Hall–Kier alpha value is -2.07. The molecule has 0 amide bonds. The van der Waals surface area contributed by atoms with E-state index in [-0.39, 0.29) is 30.1 Å². The largest absolute Gasteiger partial charge is 0.491 e. The summed E-state index contributed by atoms with van der Waals surface area (Å²) in [4.78, 5) is 11.1. The molecule has 1 aliphatic heterocycles. The standard InChI is InChI=1S/C24H35N5O2.HI/c1-5-25-24(27-15-19-10-11-26-23(14-19)29(3)4)28-16-20-9-8-18(2)13-22(20)31-17-21-7-6-12-30-21;/h8-11,13-14,21H,5-7,12,15-17H2,1-4H3,(H2,25,27,28);1H. The Morgan fingerprint density at radius 1 is 1.25 bits per heavy atom. The second-order valence-corrected chi connectivity index (χ2v) is 8.02. The van der Waals surface area contributed by atoms with E-state index < -0.39 is 0 Å². The van der Waals surface area contributed by atoms with E-state index in [1.165, 1.54) is 5.56 Å². The van der Waals surface area contributed by atoms with Crippen molar-refractivity contribution in [2.45, 2.75) is 45.9 Å². The molecule has 8 heteroatoms. The number of hydrogen-bond donors (Lipinski definition) is 2. The minimum atomic E-state index is 0. The molecule has 2 heterocycles. The lowest BCUT2D eigenvalue weighted by Gasteiger charge is -2.17. The van der Waals surface area contributed by atoms with E-state index >= 15 is 0 Å². The second-order valence-electron chi connectivity index (χ2n) is 8.02. The summed E-state index contributed by atoms with van der Waals surface area (Å²) in [6, 6.07) is 10.4. The highest BCUT2D eigenvalue weighted by atomic mass is 127. The molecule has 176 valence electrons. The summed E-state index contributed by atoms with van der Waals surface area (Å²) < 4.78 is 11.8. The van der Waals surface area contributed by atoms with Gasteiger partial charge in [0.15, 0.2) is 5.96 Å². The van der Waals surface area contributed by atoms with E-state index in [9.17, 15) is 0 Å². The molecule has 0 radical (unpaired) electrons. The molecule has 1 aromatic carbocycles. The maximum atomic E-state index is 6.12. The molecular weight excluding hydrogens is 517 g/mol. The van der Waals surface area contributed by atoms with Crippen molar-refractivity contribution >= 4 is 35.8 Å². The minimum Gasteiger partial charge on any atom is -0.491 e. The number of aliphatic imine (C=N–C) groups is 1. The van der Waals surface area contributed by atoms with Gasteiger partial charge in [0.1, 0.15) is 18.2 Å². The molecule has 1 aliphatic rings. The normalized spacial score (nSPS) is 15.8. The third-order valence-corrected chi connectivity index (χ3v) is 5.15. The molecule has 0 saturated carbocycles. The van der Waals surface area contributed by atoms with Gasteiger partial charge in [-0.2, -0.15) is 0 Å². The molecule has 0 bridgehead atoms. The highest BCUT2D eigenvalue weighted by Gasteiger charge is 2.17. The monoisotopic (exact) mass is 553 g/mol. The van der Waals surface area contributed by atoms with Crippen LogP contribution in [0.1, 0.15) is 36.5 Å². The number of ether oxygens (including phenoxy) is 2. The first-order valence-electron chi connectivity index (χ1n) is 11.0. The smallest absolute Gasteiger partial charge is 0.191 e. The lowest BCUT2D eigenvalue weighted by molar-refractivity contribution is 0.0676. The summed E-state index contributed by atoms with van der Waals surface area (Å²) in [7, 11) is 3.97. The average molecular weight is 553 g/mol. The van der Waals surface area contributed by atoms with Crippen LogP contribution in [-0.2, 0) is 17.8 Å². The second kappa shape index (κ2) is 13.5. The highest BCUT2D eigenvalue weighted by Crippen LogP contribution is 2.22. The predicted molar refractivity (Wildman–Crippen MR) is 141 cm³/mol. The van der Waals surface area contributed by atoms with Crippen LogP contribution < -0.4 is 20.3 Å². The zero-order valence-corrected chi connectivity index (χ0v) is 21.9. The summed E-state index contributed by atoms with van der Waals surface area (Å²) >= 11 is 0. The van der Waals surface area contributed by atoms with Gasteiger partial charge in [0.05, 0.1) is 12.6 Å². The summed E-state index contributed by atoms with van der Waals surface area (Å²) in [5.74, 6) is 2.61. The van der Waals surface area contributed by atoms with Crippen molar-refractivity contribution in [1.29, 1.82) is 0 Å². The third kappa shape index (κ3) is 8.12. The number of halogens is 1. The molecule has 1 aromatic heterocycles. The lowest BCUT2D eigenvalue weighted by Crippen LogP contribution is -2.37. The van der Waals surface area contributed by atoms with Crippen molar-refractivity contribution in [1.82, 2.24) is 15.6 Å². The van der Waals surface area contributed by atoms with Crippen molar-refractivity contribution in [3.05, 3.63) is 53.2 Å². The molecular formula is C24H36IN5O2. The zero-order chi connectivity index (χ0) is 22.1. The van der Waals surface area contributed by atoms with Crippen LogP contribution in [0.3, 0.4) is 0 Å². The van der Waals surface area contributed by atoms with E-state index in [0.29, 0.717) is 19.7 Å². The molecule has 2 aromatic rings. The summed E-state index contributed by atoms with van der Waals surface area (Å²) in [6.07, 6.45) is 4.21. The van der Waals surface area contributed by atoms with Crippen LogP contribution in [0, 0.1) is 6.92 Å². The topological polar surface area (TPSA) is 71.0 Å². The number of aryl methyl sites for hydroxylation is 1. The Balaban J connectivity index is 0.00000363. The molecule has 32 heavy (non-hydrogen) atoms. The number of guanidine groups is 1. The van der Waals surface area contributed by atoms with Gasteiger partial charge in [-0.3, -0.25) is 0 Å². The maximum Gasteiger partial charge on any atom is 0.191 e. The van der Waals surface area contributed by atoms with E-state index in [2.05, 4.69) is 53.7 Å². The summed E-state index contributed by atoms with van der Waals surface area (Å²) in [6.45, 7) is 7.59. The molecule has 1 fully saturated rings. The quantitative estimate of drug-likeness (QED) is 0.279. The van der Waals surface area contributed by atoms with Crippen LogP contribution in [0.5, 0.6) is 5.75 Å². The lowest BCUT2D eigenvalue weighted by atomic mass is 10.1. The van der Waals surface area contributed by atoms with Gasteiger partial charge in [-0.25, -0.2) is 9.98 Å². The fraction of sp³-hybridized carbons (Fsp3) is 0.500. The molecule has 0 spiro atoms. The van der Waals surface area contributed by atoms with Gasteiger partial charge in [-0.15, -0.1) is 24.0 Å². The molecule has 0 aliphatic carbocycles.